The third-order valence-electron chi connectivity index (χ3n) is 3.25. The van der Waals surface area contributed by atoms with E-state index in [-0.39, 0.29) is 0 Å². The van der Waals surface area contributed by atoms with E-state index in [2.05, 4.69) is 49.4 Å². The van der Waals surface area contributed by atoms with E-state index < -0.39 is 0 Å². The van der Waals surface area contributed by atoms with Crippen molar-refractivity contribution in [2.45, 2.75) is 6.92 Å². The lowest BCUT2D eigenvalue weighted by molar-refractivity contribution is 1.56. The monoisotopic (exact) mass is 254 g/mol. The van der Waals surface area contributed by atoms with Gasteiger partial charge in [-0.2, -0.15) is 0 Å². The van der Waals surface area contributed by atoms with E-state index in [1.807, 2.05) is 22.7 Å². The summed E-state index contributed by atoms with van der Waals surface area (Å²) in [5.74, 6) is 0. The highest BCUT2D eigenvalue weighted by atomic mass is 32.2. The molecule has 0 fully saturated rings. The summed E-state index contributed by atoms with van der Waals surface area (Å²) >= 11 is 3.83. The SMILES string of the molecule is Cc1cccc2sc3sc4ccccc4c3c12. The summed E-state index contributed by atoms with van der Waals surface area (Å²) in [5, 5.41) is 4.32. The van der Waals surface area contributed by atoms with E-state index in [0.29, 0.717) is 0 Å². The van der Waals surface area contributed by atoms with Gasteiger partial charge in [0, 0.05) is 25.6 Å². The van der Waals surface area contributed by atoms with Gasteiger partial charge < -0.3 is 0 Å². The first-order valence-corrected chi connectivity index (χ1v) is 7.27. The van der Waals surface area contributed by atoms with Crippen LogP contribution in [0.2, 0.25) is 0 Å². The molecule has 0 bridgehead atoms. The molecule has 82 valence electrons. The zero-order valence-electron chi connectivity index (χ0n) is 9.36. The molecule has 0 atom stereocenters. The van der Waals surface area contributed by atoms with Gasteiger partial charge in [0.25, 0.3) is 0 Å². The molecule has 17 heavy (non-hydrogen) atoms. The van der Waals surface area contributed by atoms with E-state index in [1.165, 1.54) is 35.1 Å². The molecule has 0 N–H and O–H groups in total. The van der Waals surface area contributed by atoms with Gasteiger partial charge in [0.15, 0.2) is 0 Å². The minimum absolute atomic E-state index is 1.39. The molecule has 0 aliphatic rings. The molecule has 0 aliphatic heterocycles. The van der Waals surface area contributed by atoms with Crippen LogP contribution in [0.25, 0.3) is 29.6 Å². The Bertz CT molecular complexity index is 849. The number of hydrogen-bond donors (Lipinski definition) is 0. The Morgan fingerprint density at radius 1 is 0.765 bits per heavy atom. The highest BCUT2D eigenvalue weighted by Crippen LogP contribution is 2.44. The van der Waals surface area contributed by atoms with Gasteiger partial charge in [-0.15, -0.1) is 22.7 Å². The topological polar surface area (TPSA) is 0 Å². The van der Waals surface area contributed by atoms with Gasteiger partial charge in [0.1, 0.15) is 0 Å². The van der Waals surface area contributed by atoms with Gasteiger partial charge in [0.05, 0.1) is 4.01 Å². The Balaban J connectivity index is 2.39. The van der Waals surface area contributed by atoms with Crippen molar-refractivity contribution in [1.29, 1.82) is 0 Å². The van der Waals surface area contributed by atoms with E-state index in [1.54, 1.807) is 0 Å². The first-order valence-electron chi connectivity index (χ1n) is 5.64. The third-order valence-corrected chi connectivity index (χ3v) is 5.67. The standard InChI is InChI=1S/C15H10S2/c1-9-5-4-8-12-13(9)14-10-6-2-3-7-11(10)16-15(14)17-12/h2-8H,1H3. The molecule has 2 heterocycles. The van der Waals surface area contributed by atoms with Gasteiger partial charge in [-0.3, -0.25) is 0 Å². The van der Waals surface area contributed by atoms with Crippen LogP contribution in [0, 0.1) is 6.92 Å². The fourth-order valence-corrected chi connectivity index (χ4v) is 5.15. The smallest absolute Gasteiger partial charge is 0.0890 e. The molecule has 4 aromatic rings. The summed E-state index contributed by atoms with van der Waals surface area (Å²) in [7, 11) is 0. The molecular weight excluding hydrogens is 244 g/mol. The summed E-state index contributed by atoms with van der Waals surface area (Å²) < 4.78 is 4.27. The number of fused-ring (bicyclic) bond motifs is 5. The van der Waals surface area contributed by atoms with Crippen LogP contribution in [0.5, 0.6) is 0 Å². The van der Waals surface area contributed by atoms with Crippen LogP contribution in [-0.4, -0.2) is 0 Å². The van der Waals surface area contributed by atoms with Crippen molar-refractivity contribution in [2.24, 2.45) is 0 Å². The number of aryl methyl sites for hydroxylation is 1. The molecule has 0 radical (unpaired) electrons. The van der Waals surface area contributed by atoms with Gasteiger partial charge in [0.2, 0.25) is 0 Å². The fraction of sp³-hybridized carbons (Fsp3) is 0.0667. The van der Waals surface area contributed by atoms with Crippen LogP contribution < -0.4 is 0 Å². The van der Waals surface area contributed by atoms with Crippen LogP contribution in [-0.2, 0) is 0 Å². The first kappa shape index (κ1) is 9.63. The van der Waals surface area contributed by atoms with Crippen molar-refractivity contribution >= 4 is 52.2 Å². The van der Waals surface area contributed by atoms with Crippen LogP contribution in [0.4, 0.5) is 0 Å². The van der Waals surface area contributed by atoms with Gasteiger partial charge in [-0.25, -0.2) is 0 Å². The molecular formula is C15H10S2. The maximum Gasteiger partial charge on any atom is 0.0890 e. The summed E-state index contributed by atoms with van der Waals surface area (Å²) in [6.07, 6.45) is 0. The van der Waals surface area contributed by atoms with E-state index in [9.17, 15) is 0 Å². The Hall–Kier alpha value is -1.38. The molecule has 2 aromatic carbocycles. The Morgan fingerprint density at radius 2 is 1.53 bits per heavy atom. The lowest BCUT2D eigenvalue weighted by Gasteiger charge is -1.96. The molecule has 0 unspecified atom stereocenters. The maximum absolute atomic E-state index is 2.24. The maximum atomic E-state index is 2.24. The highest BCUT2D eigenvalue weighted by molar-refractivity contribution is 7.44. The third kappa shape index (κ3) is 1.22. The van der Waals surface area contributed by atoms with Crippen molar-refractivity contribution in [2.75, 3.05) is 0 Å². The second-order valence-electron chi connectivity index (χ2n) is 4.31. The van der Waals surface area contributed by atoms with Crippen LogP contribution in [0.1, 0.15) is 5.56 Å². The molecule has 0 aliphatic carbocycles. The second kappa shape index (κ2) is 3.31. The van der Waals surface area contributed by atoms with Crippen LogP contribution in [0.3, 0.4) is 0 Å². The Labute approximate surface area is 107 Å². The minimum atomic E-state index is 1.39. The summed E-state index contributed by atoms with van der Waals surface area (Å²) in [6.45, 7) is 2.21. The predicted octanol–water partition coefficient (Wildman–Crippen LogP) is 5.58. The van der Waals surface area contributed by atoms with Crippen molar-refractivity contribution < 1.29 is 0 Å². The largest absolute Gasteiger partial charge is 0.124 e. The molecule has 0 spiro atoms. The fourth-order valence-electron chi connectivity index (χ4n) is 2.48. The Kier molecular flexibility index (Phi) is 1.88. The number of thiophene rings is 2. The molecule has 2 heteroatoms. The zero-order chi connectivity index (χ0) is 11.4. The average molecular weight is 254 g/mol. The van der Waals surface area contributed by atoms with Crippen molar-refractivity contribution in [1.82, 2.24) is 0 Å². The normalized spacial score (nSPS) is 11.8. The van der Waals surface area contributed by atoms with Crippen molar-refractivity contribution in [3.05, 3.63) is 48.0 Å². The van der Waals surface area contributed by atoms with E-state index in [4.69, 9.17) is 0 Å². The number of hydrogen-bond acceptors (Lipinski definition) is 2. The second-order valence-corrected chi connectivity index (χ2v) is 6.67. The molecule has 2 aromatic heterocycles. The van der Waals surface area contributed by atoms with Crippen LogP contribution in [0.15, 0.2) is 42.5 Å². The van der Waals surface area contributed by atoms with Crippen LogP contribution >= 0.6 is 22.7 Å². The quantitative estimate of drug-likeness (QED) is 0.384. The summed E-state index contributed by atoms with van der Waals surface area (Å²) in [4.78, 5) is 0. The molecule has 0 saturated carbocycles. The molecule has 0 saturated heterocycles. The molecule has 4 rings (SSSR count). The zero-order valence-corrected chi connectivity index (χ0v) is 11.0. The lowest BCUT2D eigenvalue weighted by atomic mass is 10.1. The lowest BCUT2D eigenvalue weighted by Crippen LogP contribution is -1.72. The number of rotatable bonds is 0. The van der Waals surface area contributed by atoms with Crippen molar-refractivity contribution in [3.63, 3.8) is 0 Å². The first-order chi connectivity index (χ1) is 8.34. The average Bonchev–Trinajstić information content (AvgIpc) is 2.84. The summed E-state index contributed by atoms with van der Waals surface area (Å²) in [6, 6.07) is 15.3. The molecule has 0 amide bonds. The molecule has 0 nitrogen and oxygen atoms in total. The highest BCUT2D eigenvalue weighted by Gasteiger charge is 2.12. The number of benzene rings is 2. The van der Waals surface area contributed by atoms with Crippen molar-refractivity contribution in [3.8, 4) is 0 Å². The Morgan fingerprint density at radius 3 is 2.47 bits per heavy atom. The predicted molar refractivity (Wildman–Crippen MR) is 79.5 cm³/mol. The van der Waals surface area contributed by atoms with E-state index >= 15 is 0 Å². The van der Waals surface area contributed by atoms with Gasteiger partial charge in [-0.1, -0.05) is 30.3 Å². The van der Waals surface area contributed by atoms with E-state index in [0.717, 1.165) is 0 Å². The van der Waals surface area contributed by atoms with Gasteiger partial charge in [-0.05, 0) is 24.6 Å². The summed E-state index contributed by atoms with van der Waals surface area (Å²) in [5.41, 5.74) is 1.39. The van der Waals surface area contributed by atoms with Gasteiger partial charge >= 0.3 is 0 Å². The minimum Gasteiger partial charge on any atom is -0.124 e.